The molecule has 0 rings (SSSR count). The molecule has 0 aromatic rings. The van der Waals surface area contributed by atoms with Gasteiger partial charge in [0.1, 0.15) is 19.8 Å². The van der Waals surface area contributed by atoms with Gasteiger partial charge in [0.2, 0.25) is 0 Å². The van der Waals surface area contributed by atoms with E-state index in [1.807, 2.05) is 33.3 Å². The minimum absolute atomic E-state index is 0.0164. The van der Waals surface area contributed by atoms with Crippen LogP contribution in [0.5, 0.6) is 0 Å². The molecule has 1 N–H and O–H groups in total. The lowest BCUT2D eigenvalue weighted by Crippen LogP contribution is -2.37. The van der Waals surface area contributed by atoms with Gasteiger partial charge in [-0.3, -0.25) is 13.8 Å². The van der Waals surface area contributed by atoms with Gasteiger partial charge in [-0.15, -0.1) is 0 Å². The summed E-state index contributed by atoms with van der Waals surface area (Å²) in [6, 6.07) is 0. The number of phosphoric acid groups is 1. The van der Waals surface area contributed by atoms with Crippen molar-refractivity contribution in [2.45, 2.75) is 174 Å². The minimum atomic E-state index is -4.39. The number of allylic oxidation sites excluding steroid dienone is 5. The number of phosphoric ester groups is 1. The predicted molar refractivity (Wildman–Crippen MR) is 215 cm³/mol. The molecule has 0 aromatic carbocycles. The number of nitrogens with zero attached hydrogens (tertiary/aromatic N) is 1. The first kappa shape index (κ1) is 50.2. The van der Waals surface area contributed by atoms with E-state index in [1.54, 1.807) is 6.08 Å². The number of carbonyl (C=O) groups is 2. The van der Waals surface area contributed by atoms with Crippen molar-refractivity contribution in [3.05, 3.63) is 36.5 Å². The standard InChI is InChI=1S/C42H78NO8P/c1-6-8-10-12-14-16-18-20-21-23-24-26-28-30-32-34-41(44)48-38-40(39-50-52(46,47)49-37-36-43(3,4)5)51-42(45)35-33-31-29-27-25-22-19-17-15-13-11-9-7-2/h22,25,28,30,32,34,40H,6-21,23-24,26-27,29,31,33,35-39H2,1-5H3/p+1/b25-22+,30-28+,34-32+/t40-/m1/s1. The van der Waals surface area contributed by atoms with Crippen LogP contribution >= 0.6 is 7.82 Å². The van der Waals surface area contributed by atoms with Crippen LogP contribution < -0.4 is 0 Å². The van der Waals surface area contributed by atoms with Crippen LogP contribution in [0.3, 0.4) is 0 Å². The Morgan fingerprint density at radius 1 is 0.635 bits per heavy atom. The number of hydrogen-bond acceptors (Lipinski definition) is 7. The lowest BCUT2D eigenvalue weighted by molar-refractivity contribution is -0.870. The zero-order valence-electron chi connectivity index (χ0n) is 34.0. The van der Waals surface area contributed by atoms with E-state index < -0.39 is 32.5 Å². The molecule has 0 aliphatic heterocycles. The van der Waals surface area contributed by atoms with Crippen molar-refractivity contribution in [2.24, 2.45) is 0 Å². The van der Waals surface area contributed by atoms with Crippen LogP contribution in [0.25, 0.3) is 0 Å². The Hall–Kier alpha value is -1.77. The smallest absolute Gasteiger partial charge is 0.458 e. The molecule has 52 heavy (non-hydrogen) atoms. The van der Waals surface area contributed by atoms with Gasteiger partial charge in [0.15, 0.2) is 6.10 Å². The Balaban J connectivity index is 4.52. The summed E-state index contributed by atoms with van der Waals surface area (Å²) in [7, 11) is 1.42. The normalized spacial score (nSPS) is 14.0. The number of likely N-dealkylation sites (N-methyl/N-ethyl adjacent to an activating group) is 1. The SMILES string of the molecule is CCCCCCCC/C=C/CCCCCC(=O)O[C@H](COC(=O)/C=C/C=C/CCCCCCCCCCCCC)COP(=O)(O)OCC[N+](C)(C)C. The molecule has 9 nitrogen and oxygen atoms in total. The molecule has 0 aliphatic carbocycles. The number of hydrogen-bond donors (Lipinski definition) is 1. The first-order chi connectivity index (χ1) is 25.0. The highest BCUT2D eigenvalue weighted by Gasteiger charge is 2.26. The summed E-state index contributed by atoms with van der Waals surface area (Å²) in [5.74, 6) is -1.07. The summed E-state index contributed by atoms with van der Waals surface area (Å²) in [5.41, 5.74) is 0. The molecular formula is C42H79NO8P+. The third kappa shape index (κ3) is 38.0. The van der Waals surface area contributed by atoms with Crippen molar-refractivity contribution in [3.8, 4) is 0 Å². The lowest BCUT2D eigenvalue weighted by Gasteiger charge is -2.24. The van der Waals surface area contributed by atoms with E-state index in [1.165, 1.54) is 109 Å². The van der Waals surface area contributed by atoms with Crippen molar-refractivity contribution in [2.75, 3.05) is 47.5 Å². The fourth-order valence-corrected chi connectivity index (χ4v) is 6.19. The fraction of sp³-hybridized carbons (Fsp3) is 0.810. The Morgan fingerprint density at radius 3 is 1.63 bits per heavy atom. The van der Waals surface area contributed by atoms with Crippen molar-refractivity contribution in [1.82, 2.24) is 0 Å². The van der Waals surface area contributed by atoms with E-state index in [0.29, 0.717) is 17.4 Å². The first-order valence-electron chi connectivity index (χ1n) is 20.8. The summed E-state index contributed by atoms with van der Waals surface area (Å²) in [6.45, 7) is 4.26. The maximum atomic E-state index is 12.6. The summed E-state index contributed by atoms with van der Waals surface area (Å²) in [5, 5.41) is 0. The van der Waals surface area contributed by atoms with Crippen LogP contribution in [0.2, 0.25) is 0 Å². The summed E-state index contributed by atoms with van der Waals surface area (Å²) in [4.78, 5) is 35.1. The van der Waals surface area contributed by atoms with Gasteiger partial charge in [-0.25, -0.2) is 9.36 Å². The van der Waals surface area contributed by atoms with Crippen molar-refractivity contribution in [1.29, 1.82) is 0 Å². The molecule has 0 fully saturated rings. The van der Waals surface area contributed by atoms with Gasteiger partial charge in [-0.2, -0.15) is 0 Å². The van der Waals surface area contributed by atoms with E-state index >= 15 is 0 Å². The van der Waals surface area contributed by atoms with E-state index in [4.69, 9.17) is 18.5 Å². The number of esters is 2. The van der Waals surface area contributed by atoms with Crippen molar-refractivity contribution >= 4 is 19.8 Å². The molecule has 0 aromatic heterocycles. The van der Waals surface area contributed by atoms with Crippen LogP contribution in [0.15, 0.2) is 36.5 Å². The van der Waals surface area contributed by atoms with Crippen LogP contribution in [0.4, 0.5) is 0 Å². The Bertz CT molecular complexity index is 991. The molecule has 0 radical (unpaired) electrons. The Morgan fingerprint density at radius 2 is 1.12 bits per heavy atom. The first-order valence-corrected chi connectivity index (χ1v) is 22.3. The van der Waals surface area contributed by atoms with Gasteiger partial charge in [-0.1, -0.05) is 147 Å². The molecule has 2 atom stereocenters. The van der Waals surface area contributed by atoms with Gasteiger partial charge < -0.3 is 18.9 Å². The minimum Gasteiger partial charge on any atom is -0.458 e. The van der Waals surface area contributed by atoms with Crippen molar-refractivity contribution in [3.63, 3.8) is 0 Å². The maximum Gasteiger partial charge on any atom is 0.472 e. The fourth-order valence-electron chi connectivity index (χ4n) is 5.45. The maximum absolute atomic E-state index is 12.6. The number of unbranched alkanes of at least 4 members (excludes halogenated alkanes) is 20. The second-order valence-corrected chi connectivity index (χ2v) is 16.5. The third-order valence-corrected chi connectivity index (χ3v) is 9.73. The summed E-state index contributed by atoms with van der Waals surface area (Å²) >= 11 is 0. The van der Waals surface area contributed by atoms with Gasteiger partial charge in [0, 0.05) is 12.5 Å². The second-order valence-electron chi connectivity index (χ2n) is 15.1. The molecule has 0 aliphatic rings. The molecule has 0 amide bonds. The molecule has 0 saturated heterocycles. The molecule has 0 spiro atoms. The zero-order valence-corrected chi connectivity index (χ0v) is 34.9. The number of ether oxygens (including phenoxy) is 2. The molecule has 304 valence electrons. The van der Waals surface area contributed by atoms with E-state index in [-0.39, 0.29) is 19.6 Å². The highest BCUT2D eigenvalue weighted by atomic mass is 31.2. The predicted octanol–water partition coefficient (Wildman–Crippen LogP) is 11.4. The van der Waals surface area contributed by atoms with Crippen LogP contribution in [0, 0.1) is 0 Å². The van der Waals surface area contributed by atoms with E-state index in [0.717, 1.165) is 38.5 Å². The molecule has 0 heterocycles. The average Bonchev–Trinajstić information content (AvgIpc) is 3.09. The van der Waals surface area contributed by atoms with E-state index in [2.05, 4.69) is 26.0 Å². The highest BCUT2D eigenvalue weighted by Crippen LogP contribution is 2.43. The summed E-state index contributed by atoms with van der Waals surface area (Å²) in [6.07, 6.45) is 38.3. The number of carbonyl (C=O) groups excluding carboxylic acids is 2. The van der Waals surface area contributed by atoms with Crippen LogP contribution in [0.1, 0.15) is 168 Å². The molecule has 10 heteroatoms. The molecule has 1 unspecified atom stereocenters. The second kappa shape index (κ2) is 35.0. The molecular weight excluding hydrogens is 677 g/mol. The molecule has 0 bridgehead atoms. The molecule has 0 saturated carbocycles. The average molecular weight is 757 g/mol. The topological polar surface area (TPSA) is 108 Å². The van der Waals surface area contributed by atoms with Gasteiger partial charge in [0.25, 0.3) is 0 Å². The van der Waals surface area contributed by atoms with Gasteiger partial charge in [-0.05, 0) is 44.9 Å². The Kier molecular flexibility index (Phi) is 33.8. The third-order valence-electron chi connectivity index (χ3n) is 8.75. The quantitative estimate of drug-likeness (QED) is 0.0127. The van der Waals surface area contributed by atoms with Gasteiger partial charge in [0.05, 0.1) is 27.7 Å². The monoisotopic (exact) mass is 757 g/mol. The van der Waals surface area contributed by atoms with Crippen LogP contribution in [-0.4, -0.2) is 74.9 Å². The largest absolute Gasteiger partial charge is 0.472 e. The van der Waals surface area contributed by atoms with Crippen LogP contribution in [-0.2, 0) is 32.7 Å². The zero-order chi connectivity index (χ0) is 38.6. The summed E-state index contributed by atoms with van der Waals surface area (Å²) < 4.78 is 34.0. The number of quaternary nitrogens is 1. The highest BCUT2D eigenvalue weighted by molar-refractivity contribution is 7.47. The van der Waals surface area contributed by atoms with Crippen molar-refractivity contribution < 1.29 is 42.1 Å². The lowest BCUT2D eigenvalue weighted by atomic mass is 10.1. The van der Waals surface area contributed by atoms with Gasteiger partial charge >= 0.3 is 19.8 Å². The Labute approximate surface area is 319 Å². The van der Waals surface area contributed by atoms with E-state index in [9.17, 15) is 19.0 Å². The number of rotatable bonds is 37.